The Labute approximate surface area is 193 Å². The Kier molecular flexibility index (Phi) is 11.8. The summed E-state index contributed by atoms with van der Waals surface area (Å²) in [5.74, 6) is 0.842. The smallest absolute Gasteiger partial charge is 0.422 e. The van der Waals surface area contributed by atoms with Crippen molar-refractivity contribution in [2.45, 2.75) is 58.2 Å². The molecule has 0 saturated heterocycles. The zero-order valence-electron chi connectivity index (χ0n) is 17.4. The normalized spacial score (nSPS) is 16.5. The molecule has 1 fully saturated rings. The fraction of sp³-hybridized carbons (Fsp3) is 0.667. The number of hydrogen-bond acceptors (Lipinski definition) is 3. The van der Waals surface area contributed by atoms with E-state index in [1.165, 1.54) is 25.3 Å². The van der Waals surface area contributed by atoms with E-state index in [1.54, 1.807) is 12.1 Å². The lowest BCUT2D eigenvalue weighted by molar-refractivity contribution is -0.153. The molecule has 1 aliphatic rings. The highest BCUT2D eigenvalue weighted by molar-refractivity contribution is 14.0. The van der Waals surface area contributed by atoms with E-state index in [2.05, 4.69) is 15.6 Å². The predicted molar refractivity (Wildman–Crippen MR) is 123 cm³/mol. The number of guanidine groups is 1. The van der Waals surface area contributed by atoms with Crippen LogP contribution in [-0.2, 0) is 6.54 Å². The third-order valence-corrected chi connectivity index (χ3v) is 5.25. The molecule has 0 radical (unpaired) electrons. The van der Waals surface area contributed by atoms with Crippen molar-refractivity contribution in [3.63, 3.8) is 0 Å². The van der Waals surface area contributed by atoms with E-state index in [-0.39, 0.29) is 41.7 Å². The lowest BCUT2D eigenvalue weighted by Gasteiger charge is -2.37. The fourth-order valence-corrected chi connectivity index (χ4v) is 3.74. The first-order valence-electron chi connectivity index (χ1n) is 10.3. The van der Waals surface area contributed by atoms with E-state index in [0.29, 0.717) is 19.0 Å². The topological polar surface area (TPSA) is 65.9 Å². The summed E-state index contributed by atoms with van der Waals surface area (Å²) in [6.45, 7) is 2.62. The van der Waals surface area contributed by atoms with Crippen LogP contribution in [0.25, 0.3) is 0 Å². The molecule has 1 aliphatic carbocycles. The Morgan fingerprint density at radius 3 is 2.57 bits per heavy atom. The Bertz CT molecular complexity index is 645. The monoisotopic (exact) mass is 543 g/mol. The molecule has 172 valence electrons. The van der Waals surface area contributed by atoms with E-state index in [9.17, 15) is 18.3 Å². The van der Waals surface area contributed by atoms with Gasteiger partial charge in [0.25, 0.3) is 0 Å². The first kappa shape index (κ1) is 26.8. The van der Waals surface area contributed by atoms with Gasteiger partial charge in [-0.25, -0.2) is 4.99 Å². The van der Waals surface area contributed by atoms with Gasteiger partial charge in [-0.15, -0.1) is 24.0 Å². The van der Waals surface area contributed by atoms with Gasteiger partial charge in [0, 0.05) is 19.7 Å². The van der Waals surface area contributed by atoms with Gasteiger partial charge in [-0.1, -0.05) is 31.4 Å². The van der Waals surface area contributed by atoms with Crippen LogP contribution in [0, 0.1) is 5.41 Å². The minimum absolute atomic E-state index is 0. The van der Waals surface area contributed by atoms with Gasteiger partial charge in [0.15, 0.2) is 12.6 Å². The molecule has 3 N–H and O–H groups in total. The lowest BCUT2D eigenvalue weighted by Crippen LogP contribution is -2.44. The molecule has 0 spiro atoms. The summed E-state index contributed by atoms with van der Waals surface area (Å²) in [5.41, 5.74) is 0.860. The first-order valence-corrected chi connectivity index (χ1v) is 10.3. The molecule has 0 heterocycles. The summed E-state index contributed by atoms with van der Waals surface area (Å²) >= 11 is 0. The molecule has 0 aromatic heterocycles. The number of nitrogens with one attached hydrogen (secondary N) is 2. The van der Waals surface area contributed by atoms with E-state index in [4.69, 9.17) is 4.74 Å². The molecule has 0 unspecified atom stereocenters. The largest absolute Gasteiger partial charge is 0.484 e. The molecule has 0 atom stereocenters. The van der Waals surface area contributed by atoms with Gasteiger partial charge >= 0.3 is 6.18 Å². The van der Waals surface area contributed by atoms with Gasteiger partial charge in [0.1, 0.15) is 5.75 Å². The minimum atomic E-state index is -4.36. The van der Waals surface area contributed by atoms with Gasteiger partial charge in [-0.2, -0.15) is 13.2 Å². The van der Waals surface area contributed by atoms with Crippen LogP contribution in [0.1, 0.15) is 51.0 Å². The van der Waals surface area contributed by atoms with Gasteiger partial charge in [-0.3, -0.25) is 0 Å². The van der Waals surface area contributed by atoms with Gasteiger partial charge < -0.3 is 20.5 Å². The van der Waals surface area contributed by atoms with Crippen LogP contribution < -0.4 is 15.4 Å². The summed E-state index contributed by atoms with van der Waals surface area (Å²) in [7, 11) is 0. The molecular formula is C21H33F3IN3O2. The van der Waals surface area contributed by atoms with Gasteiger partial charge in [-0.05, 0) is 49.3 Å². The maximum Gasteiger partial charge on any atom is 0.422 e. The second-order valence-electron chi connectivity index (χ2n) is 7.63. The van der Waals surface area contributed by atoms with Crippen molar-refractivity contribution in [3.8, 4) is 5.75 Å². The van der Waals surface area contributed by atoms with Crippen molar-refractivity contribution >= 4 is 29.9 Å². The van der Waals surface area contributed by atoms with Crippen molar-refractivity contribution in [3.05, 3.63) is 29.8 Å². The number of rotatable bonds is 9. The highest BCUT2D eigenvalue weighted by Gasteiger charge is 2.31. The number of alkyl halides is 3. The predicted octanol–water partition coefficient (Wildman–Crippen LogP) is 4.63. The Morgan fingerprint density at radius 2 is 1.93 bits per heavy atom. The van der Waals surface area contributed by atoms with Crippen LogP contribution in [0.2, 0.25) is 0 Å². The highest BCUT2D eigenvalue weighted by Crippen LogP contribution is 2.38. The Hall–Kier alpha value is -1.23. The molecule has 5 nitrogen and oxygen atoms in total. The standard InChI is InChI=1S/C21H32F3N3O2.HI/c1-2-25-19(27-15-20(11-12-28)9-4-3-5-10-20)26-14-17-7-6-8-18(13-17)29-16-21(22,23)24;/h6-8,13,28H,2-5,9-12,14-16H2,1H3,(H2,25,26,27);1H. The molecule has 0 aliphatic heterocycles. The van der Waals surface area contributed by atoms with E-state index < -0.39 is 12.8 Å². The van der Waals surface area contributed by atoms with Crippen molar-refractivity contribution in [2.24, 2.45) is 10.4 Å². The number of benzene rings is 1. The van der Waals surface area contributed by atoms with Crippen LogP contribution >= 0.6 is 24.0 Å². The number of ether oxygens (including phenoxy) is 1. The molecule has 0 bridgehead atoms. The highest BCUT2D eigenvalue weighted by atomic mass is 127. The minimum Gasteiger partial charge on any atom is -0.484 e. The molecule has 9 heteroatoms. The molecule has 1 aromatic rings. The number of aliphatic hydroxyl groups excluding tert-OH is 1. The van der Waals surface area contributed by atoms with Crippen molar-refractivity contribution in [1.82, 2.24) is 10.6 Å². The quantitative estimate of drug-likeness (QED) is 0.242. The third kappa shape index (κ3) is 9.72. The molecule has 0 amide bonds. The van der Waals surface area contributed by atoms with Gasteiger partial charge in [0.2, 0.25) is 0 Å². The van der Waals surface area contributed by atoms with Crippen molar-refractivity contribution in [1.29, 1.82) is 0 Å². The Balaban J connectivity index is 0.00000450. The third-order valence-electron chi connectivity index (χ3n) is 5.25. The van der Waals surface area contributed by atoms with Crippen LogP contribution in [0.15, 0.2) is 29.3 Å². The SMILES string of the molecule is CCNC(=NCc1cccc(OCC(F)(F)F)c1)NCC1(CCO)CCCCC1.I. The van der Waals surface area contributed by atoms with Crippen LogP contribution in [0.4, 0.5) is 13.2 Å². The van der Waals surface area contributed by atoms with Crippen molar-refractivity contribution < 1.29 is 23.0 Å². The second kappa shape index (κ2) is 13.2. The summed E-state index contributed by atoms with van der Waals surface area (Å²) in [5, 5.41) is 16.1. The molecule has 30 heavy (non-hydrogen) atoms. The Morgan fingerprint density at radius 1 is 1.20 bits per heavy atom. The van der Waals surface area contributed by atoms with Gasteiger partial charge in [0.05, 0.1) is 6.54 Å². The number of nitrogens with zero attached hydrogens (tertiary/aromatic N) is 1. The van der Waals surface area contributed by atoms with Crippen LogP contribution in [0.3, 0.4) is 0 Å². The van der Waals surface area contributed by atoms with E-state index >= 15 is 0 Å². The van der Waals surface area contributed by atoms with Crippen LogP contribution in [-0.4, -0.2) is 43.5 Å². The number of aliphatic imine (C=N–C) groups is 1. The number of hydrogen-bond donors (Lipinski definition) is 3. The molecular weight excluding hydrogens is 510 g/mol. The lowest BCUT2D eigenvalue weighted by atomic mass is 9.72. The molecule has 1 aromatic carbocycles. The average Bonchev–Trinajstić information content (AvgIpc) is 2.69. The second-order valence-corrected chi connectivity index (χ2v) is 7.63. The van der Waals surface area contributed by atoms with Crippen LogP contribution in [0.5, 0.6) is 5.75 Å². The zero-order valence-corrected chi connectivity index (χ0v) is 19.8. The first-order chi connectivity index (χ1) is 13.9. The number of aliphatic hydroxyl groups is 1. The molecule has 2 rings (SSSR count). The maximum atomic E-state index is 12.3. The van der Waals surface area contributed by atoms with E-state index in [0.717, 1.165) is 31.4 Å². The molecule has 1 saturated carbocycles. The summed E-state index contributed by atoms with van der Waals surface area (Å²) < 4.78 is 41.8. The fourth-order valence-electron chi connectivity index (χ4n) is 3.74. The average molecular weight is 543 g/mol. The zero-order chi connectivity index (χ0) is 21.2. The summed E-state index contributed by atoms with van der Waals surface area (Å²) in [4.78, 5) is 4.56. The summed E-state index contributed by atoms with van der Waals surface area (Å²) in [6, 6.07) is 6.55. The van der Waals surface area contributed by atoms with E-state index in [1.807, 2.05) is 13.0 Å². The maximum absolute atomic E-state index is 12.3. The van der Waals surface area contributed by atoms with Crippen molar-refractivity contribution in [2.75, 3.05) is 26.3 Å². The number of halogens is 4. The summed E-state index contributed by atoms with van der Waals surface area (Å²) in [6.07, 6.45) is 2.21.